The Balaban J connectivity index is 2.53. The highest BCUT2D eigenvalue weighted by Gasteiger charge is 2.17. The normalized spacial score (nSPS) is 11.9. The van der Waals surface area contributed by atoms with Crippen LogP contribution in [0.4, 0.5) is 5.69 Å². The Kier molecular flexibility index (Phi) is 7.47. The van der Waals surface area contributed by atoms with Crippen molar-refractivity contribution in [3.05, 3.63) is 28.7 Å². The summed E-state index contributed by atoms with van der Waals surface area (Å²) >= 11 is 3.32. The van der Waals surface area contributed by atoms with Crippen molar-refractivity contribution in [3.63, 3.8) is 0 Å². The molecule has 0 aliphatic heterocycles. The molecule has 0 atom stereocenters. The number of nitrogens with zero attached hydrogens (tertiary/aromatic N) is 2. The third kappa shape index (κ3) is 7.35. The first-order chi connectivity index (χ1) is 10.2. The molecule has 1 aromatic carbocycles. The molecule has 0 aliphatic carbocycles. The van der Waals surface area contributed by atoms with Crippen LogP contribution in [-0.4, -0.2) is 63.5 Å². The SMILES string of the molecule is CN(C)CCN(CCC(=O)Nc1ccc(Br)cc1)S(C)(=O)=O. The zero-order valence-corrected chi connectivity index (χ0v) is 15.4. The first-order valence-corrected chi connectivity index (χ1v) is 9.48. The first kappa shape index (κ1) is 19.1. The molecule has 0 aliphatic rings. The van der Waals surface area contributed by atoms with Crippen molar-refractivity contribution < 1.29 is 13.2 Å². The lowest BCUT2D eigenvalue weighted by atomic mass is 10.3. The number of nitrogens with one attached hydrogen (secondary N) is 1. The van der Waals surface area contributed by atoms with E-state index in [1.807, 2.05) is 31.1 Å². The number of anilines is 1. The number of likely N-dealkylation sites (N-methyl/N-ethyl adjacent to an activating group) is 1. The Hall–Kier alpha value is -0.960. The van der Waals surface area contributed by atoms with Crippen LogP contribution >= 0.6 is 15.9 Å². The van der Waals surface area contributed by atoms with Gasteiger partial charge in [-0.3, -0.25) is 4.79 Å². The van der Waals surface area contributed by atoms with Gasteiger partial charge in [0.05, 0.1) is 6.26 Å². The molecular weight excluding hydrogens is 370 g/mol. The molecule has 1 aromatic rings. The van der Waals surface area contributed by atoms with E-state index in [-0.39, 0.29) is 18.9 Å². The van der Waals surface area contributed by atoms with E-state index in [1.165, 1.54) is 4.31 Å². The second-order valence-electron chi connectivity index (χ2n) is 5.27. The van der Waals surface area contributed by atoms with Gasteiger partial charge in [0.2, 0.25) is 15.9 Å². The highest BCUT2D eigenvalue weighted by atomic mass is 79.9. The molecule has 8 heteroatoms. The van der Waals surface area contributed by atoms with E-state index in [4.69, 9.17) is 0 Å². The number of carbonyl (C=O) groups is 1. The Labute approximate surface area is 140 Å². The monoisotopic (exact) mass is 391 g/mol. The number of carbonyl (C=O) groups excluding carboxylic acids is 1. The topological polar surface area (TPSA) is 69.7 Å². The lowest BCUT2D eigenvalue weighted by Gasteiger charge is -2.21. The molecule has 0 radical (unpaired) electrons. The van der Waals surface area contributed by atoms with Crippen LogP contribution in [-0.2, 0) is 14.8 Å². The molecule has 0 bridgehead atoms. The minimum atomic E-state index is -3.31. The number of sulfonamides is 1. The molecule has 0 heterocycles. The summed E-state index contributed by atoms with van der Waals surface area (Å²) in [6, 6.07) is 7.22. The summed E-state index contributed by atoms with van der Waals surface area (Å²) in [4.78, 5) is 13.8. The van der Waals surface area contributed by atoms with Gasteiger partial charge in [-0.25, -0.2) is 12.7 Å². The van der Waals surface area contributed by atoms with Gasteiger partial charge in [-0.1, -0.05) is 15.9 Å². The molecule has 1 amide bonds. The van der Waals surface area contributed by atoms with E-state index in [2.05, 4.69) is 21.2 Å². The van der Waals surface area contributed by atoms with Gasteiger partial charge in [0.1, 0.15) is 0 Å². The van der Waals surface area contributed by atoms with Crippen LogP contribution in [0.2, 0.25) is 0 Å². The fraction of sp³-hybridized carbons (Fsp3) is 0.500. The quantitative estimate of drug-likeness (QED) is 0.730. The molecule has 22 heavy (non-hydrogen) atoms. The summed E-state index contributed by atoms with van der Waals surface area (Å²) in [5, 5.41) is 2.75. The van der Waals surface area contributed by atoms with Gasteiger partial charge in [0.15, 0.2) is 0 Å². The highest BCUT2D eigenvalue weighted by Crippen LogP contribution is 2.14. The number of hydrogen-bond donors (Lipinski definition) is 1. The van der Waals surface area contributed by atoms with Crippen molar-refractivity contribution in [2.75, 3.05) is 45.3 Å². The van der Waals surface area contributed by atoms with E-state index < -0.39 is 10.0 Å². The van der Waals surface area contributed by atoms with Crippen LogP contribution in [0.15, 0.2) is 28.7 Å². The van der Waals surface area contributed by atoms with Crippen molar-refractivity contribution >= 4 is 37.5 Å². The predicted octanol–water partition coefficient (Wildman–Crippen LogP) is 1.60. The average Bonchev–Trinajstić information content (AvgIpc) is 2.39. The second kappa shape index (κ2) is 8.61. The van der Waals surface area contributed by atoms with Crippen molar-refractivity contribution in [2.24, 2.45) is 0 Å². The summed E-state index contributed by atoms with van der Waals surface area (Å²) in [6.45, 7) is 1.16. The molecule has 6 nitrogen and oxygen atoms in total. The summed E-state index contributed by atoms with van der Waals surface area (Å²) in [6.07, 6.45) is 1.28. The standard InChI is InChI=1S/C14H22BrN3O3S/c1-17(2)10-11-18(22(3,20)21)9-8-14(19)16-13-6-4-12(15)5-7-13/h4-7H,8-11H2,1-3H3,(H,16,19). The lowest BCUT2D eigenvalue weighted by molar-refractivity contribution is -0.116. The van der Waals surface area contributed by atoms with Crippen LogP contribution in [0, 0.1) is 0 Å². The first-order valence-electron chi connectivity index (χ1n) is 6.84. The predicted molar refractivity (Wildman–Crippen MR) is 92.4 cm³/mol. The maximum absolute atomic E-state index is 11.9. The molecule has 1 N–H and O–H groups in total. The van der Waals surface area contributed by atoms with Crippen LogP contribution in [0.3, 0.4) is 0 Å². The van der Waals surface area contributed by atoms with Gasteiger partial charge in [-0.2, -0.15) is 0 Å². The smallest absolute Gasteiger partial charge is 0.225 e. The fourth-order valence-corrected chi connectivity index (χ4v) is 2.84. The minimum absolute atomic E-state index is 0.122. The van der Waals surface area contributed by atoms with E-state index in [1.54, 1.807) is 12.1 Å². The van der Waals surface area contributed by atoms with E-state index in [0.717, 1.165) is 10.7 Å². The molecule has 0 spiro atoms. The highest BCUT2D eigenvalue weighted by molar-refractivity contribution is 9.10. The molecular formula is C14H22BrN3O3S. The fourth-order valence-electron chi connectivity index (χ4n) is 1.74. The van der Waals surface area contributed by atoms with Gasteiger partial charge in [-0.05, 0) is 38.4 Å². The molecule has 0 aromatic heterocycles. The summed E-state index contributed by atoms with van der Waals surface area (Å²) in [7, 11) is 0.437. The summed E-state index contributed by atoms with van der Waals surface area (Å²) < 4.78 is 25.7. The average molecular weight is 392 g/mol. The van der Waals surface area contributed by atoms with E-state index in [9.17, 15) is 13.2 Å². The maximum Gasteiger partial charge on any atom is 0.225 e. The van der Waals surface area contributed by atoms with Crippen LogP contribution in [0.25, 0.3) is 0 Å². The van der Waals surface area contributed by atoms with Crippen LogP contribution in [0.5, 0.6) is 0 Å². The van der Waals surface area contributed by atoms with Gasteiger partial charge < -0.3 is 10.2 Å². The molecule has 0 saturated heterocycles. The van der Waals surface area contributed by atoms with Gasteiger partial charge >= 0.3 is 0 Å². The zero-order valence-electron chi connectivity index (χ0n) is 13.0. The van der Waals surface area contributed by atoms with Crippen LogP contribution < -0.4 is 5.32 Å². The maximum atomic E-state index is 11.9. The zero-order chi connectivity index (χ0) is 16.8. The largest absolute Gasteiger partial charge is 0.326 e. The number of amides is 1. The summed E-state index contributed by atoms with van der Waals surface area (Å²) in [5.74, 6) is -0.208. The Bertz CT molecular complexity index is 588. The minimum Gasteiger partial charge on any atom is -0.326 e. The number of benzene rings is 1. The Morgan fingerprint density at radius 1 is 1.14 bits per heavy atom. The van der Waals surface area contributed by atoms with Crippen LogP contribution in [0.1, 0.15) is 6.42 Å². The van der Waals surface area contributed by atoms with Crippen molar-refractivity contribution in [2.45, 2.75) is 6.42 Å². The van der Waals surface area contributed by atoms with E-state index >= 15 is 0 Å². The van der Waals surface area contributed by atoms with Gasteiger partial charge in [-0.15, -0.1) is 0 Å². The Morgan fingerprint density at radius 2 is 1.73 bits per heavy atom. The van der Waals surface area contributed by atoms with Gasteiger partial charge in [0, 0.05) is 36.2 Å². The van der Waals surface area contributed by atoms with Crippen molar-refractivity contribution in [1.82, 2.24) is 9.21 Å². The molecule has 0 saturated carbocycles. The third-order valence-corrected chi connectivity index (χ3v) is 4.81. The van der Waals surface area contributed by atoms with Crippen molar-refractivity contribution in [1.29, 1.82) is 0 Å². The number of rotatable bonds is 8. The second-order valence-corrected chi connectivity index (χ2v) is 8.17. The lowest BCUT2D eigenvalue weighted by Crippen LogP contribution is -2.37. The summed E-state index contributed by atoms with van der Waals surface area (Å²) in [5.41, 5.74) is 0.687. The molecule has 124 valence electrons. The molecule has 1 rings (SSSR count). The molecule has 0 unspecified atom stereocenters. The van der Waals surface area contributed by atoms with E-state index in [0.29, 0.717) is 18.8 Å². The van der Waals surface area contributed by atoms with Gasteiger partial charge in [0.25, 0.3) is 0 Å². The van der Waals surface area contributed by atoms with Crippen molar-refractivity contribution in [3.8, 4) is 0 Å². The molecule has 0 fully saturated rings. The number of hydrogen-bond acceptors (Lipinski definition) is 4. The number of halogens is 1. The third-order valence-electron chi connectivity index (χ3n) is 2.98. The Morgan fingerprint density at radius 3 is 2.23 bits per heavy atom.